The van der Waals surface area contributed by atoms with Crippen LogP contribution in [0.3, 0.4) is 0 Å². The van der Waals surface area contributed by atoms with Crippen molar-refractivity contribution < 1.29 is 9.53 Å². The van der Waals surface area contributed by atoms with Gasteiger partial charge in [0.15, 0.2) is 0 Å². The van der Waals surface area contributed by atoms with Gasteiger partial charge < -0.3 is 9.64 Å². The summed E-state index contributed by atoms with van der Waals surface area (Å²) in [5.74, 6) is 0. The fourth-order valence-corrected chi connectivity index (χ4v) is 2.23. The highest BCUT2D eigenvalue weighted by atomic mass is 16.6. The maximum atomic E-state index is 11.8. The first kappa shape index (κ1) is 11.7. The second-order valence-electron chi connectivity index (χ2n) is 4.18. The zero-order chi connectivity index (χ0) is 12.3. The van der Waals surface area contributed by atoms with E-state index in [0.29, 0.717) is 6.54 Å². The van der Waals surface area contributed by atoms with E-state index in [1.807, 2.05) is 19.1 Å². The fourth-order valence-electron chi connectivity index (χ4n) is 2.23. The molecule has 0 saturated carbocycles. The van der Waals surface area contributed by atoms with E-state index >= 15 is 0 Å². The molecule has 3 heteroatoms. The summed E-state index contributed by atoms with van der Waals surface area (Å²) in [6.45, 7) is 6.56. The molecule has 2 rings (SSSR count). The summed E-state index contributed by atoms with van der Waals surface area (Å²) in [7, 11) is 0. The Kier molecular flexibility index (Phi) is 3.47. The Morgan fingerprint density at radius 2 is 2.35 bits per heavy atom. The second-order valence-corrected chi connectivity index (χ2v) is 4.18. The molecule has 0 radical (unpaired) electrons. The molecule has 0 aliphatic carbocycles. The summed E-state index contributed by atoms with van der Waals surface area (Å²) in [6.07, 6.45) is 2.22. The third-order valence-corrected chi connectivity index (χ3v) is 3.15. The van der Waals surface area contributed by atoms with Crippen LogP contribution in [0, 0.1) is 0 Å². The van der Waals surface area contributed by atoms with Crippen LogP contribution < -0.4 is 0 Å². The quantitative estimate of drug-likeness (QED) is 0.732. The number of carbonyl (C=O) groups excluding carboxylic acids is 1. The zero-order valence-electron chi connectivity index (χ0n) is 10.1. The van der Waals surface area contributed by atoms with E-state index in [1.165, 1.54) is 11.1 Å². The van der Waals surface area contributed by atoms with Gasteiger partial charge in [-0.1, -0.05) is 36.9 Å². The first-order chi connectivity index (χ1) is 8.24. The number of fused-ring (bicyclic) bond motifs is 1. The summed E-state index contributed by atoms with van der Waals surface area (Å²) in [5.41, 5.74) is 2.54. The Labute approximate surface area is 102 Å². The summed E-state index contributed by atoms with van der Waals surface area (Å²) >= 11 is 0. The highest BCUT2D eigenvalue weighted by Crippen LogP contribution is 2.29. The van der Waals surface area contributed by atoms with Crippen molar-refractivity contribution in [2.45, 2.75) is 19.4 Å². The number of rotatable bonds is 2. The van der Waals surface area contributed by atoms with Crippen LogP contribution >= 0.6 is 0 Å². The van der Waals surface area contributed by atoms with Gasteiger partial charge in [-0.05, 0) is 24.5 Å². The molecule has 1 heterocycles. The second kappa shape index (κ2) is 5.04. The molecule has 3 nitrogen and oxygen atoms in total. The number of ether oxygens (including phenoxy) is 1. The van der Waals surface area contributed by atoms with Crippen LogP contribution in [0.15, 0.2) is 36.9 Å². The van der Waals surface area contributed by atoms with E-state index in [2.05, 4.69) is 18.7 Å². The first-order valence-corrected chi connectivity index (χ1v) is 5.86. The zero-order valence-corrected chi connectivity index (χ0v) is 10.1. The van der Waals surface area contributed by atoms with Crippen molar-refractivity contribution >= 4 is 6.09 Å². The largest absolute Gasteiger partial charge is 0.445 e. The van der Waals surface area contributed by atoms with Gasteiger partial charge in [-0.3, -0.25) is 0 Å². The van der Waals surface area contributed by atoms with E-state index in [-0.39, 0.29) is 18.7 Å². The van der Waals surface area contributed by atoms with Crippen molar-refractivity contribution in [3.63, 3.8) is 0 Å². The molecule has 0 bridgehead atoms. The van der Waals surface area contributed by atoms with Crippen molar-refractivity contribution in [3.8, 4) is 0 Å². The SMILES string of the molecule is C=CCOC(=O)N1CCc2ccccc2[C@H]1C. The van der Waals surface area contributed by atoms with Crippen molar-refractivity contribution in [1.82, 2.24) is 4.90 Å². The van der Waals surface area contributed by atoms with Gasteiger partial charge in [0.25, 0.3) is 0 Å². The first-order valence-electron chi connectivity index (χ1n) is 5.86. The molecule has 0 N–H and O–H groups in total. The topological polar surface area (TPSA) is 29.5 Å². The van der Waals surface area contributed by atoms with Gasteiger partial charge >= 0.3 is 6.09 Å². The van der Waals surface area contributed by atoms with Crippen LogP contribution in [-0.4, -0.2) is 24.1 Å². The van der Waals surface area contributed by atoms with Gasteiger partial charge in [0.05, 0.1) is 6.04 Å². The summed E-state index contributed by atoms with van der Waals surface area (Å²) in [6, 6.07) is 8.33. The van der Waals surface area contributed by atoms with E-state index < -0.39 is 0 Å². The smallest absolute Gasteiger partial charge is 0.410 e. The van der Waals surface area contributed by atoms with Crippen molar-refractivity contribution in [3.05, 3.63) is 48.0 Å². The van der Waals surface area contributed by atoms with Gasteiger partial charge in [-0.25, -0.2) is 4.79 Å². The molecular weight excluding hydrogens is 214 g/mol. The monoisotopic (exact) mass is 231 g/mol. The van der Waals surface area contributed by atoms with E-state index in [0.717, 1.165) is 6.42 Å². The molecule has 1 aliphatic heterocycles. The maximum Gasteiger partial charge on any atom is 0.410 e. The molecule has 0 aromatic heterocycles. The maximum absolute atomic E-state index is 11.8. The van der Waals surface area contributed by atoms with E-state index in [1.54, 1.807) is 11.0 Å². The number of benzene rings is 1. The predicted octanol–water partition coefficient (Wildman–Crippen LogP) is 2.93. The molecule has 1 aromatic rings. The molecule has 1 atom stereocenters. The summed E-state index contributed by atoms with van der Waals surface area (Å²) < 4.78 is 5.09. The lowest BCUT2D eigenvalue weighted by molar-refractivity contribution is 0.0947. The Balaban J connectivity index is 2.14. The minimum Gasteiger partial charge on any atom is -0.445 e. The molecular formula is C14H17NO2. The van der Waals surface area contributed by atoms with Crippen LogP contribution in [-0.2, 0) is 11.2 Å². The number of amides is 1. The standard InChI is InChI=1S/C14H17NO2/c1-3-10-17-14(16)15-9-8-12-6-4-5-7-13(12)11(15)2/h3-7,11H,1,8-10H2,2H3/t11-/m1/s1. The van der Waals surface area contributed by atoms with Gasteiger partial charge in [0.1, 0.15) is 6.61 Å². The molecule has 90 valence electrons. The average Bonchev–Trinajstić information content (AvgIpc) is 2.37. The lowest BCUT2D eigenvalue weighted by Gasteiger charge is -2.34. The minimum atomic E-state index is -0.257. The number of hydrogen-bond donors (Lipinski definition) is 0. The van der Waals surface area contributed by atoms with Crippen molar-refractivity contribution in [2.24, 2.45) is 0 Å². The van der Waals surface area contributed by atoms with Gasteiger partial charge in [0, 0.05) is 6.54 Å². The summed E-state index contributed by atoms with van der Waals surface area (Å²) in [5, 5.41) is 0. The fraction of sp³-hybridized carbons (Fsp3) is 0.357. The number of hydrogen-bond acceptors (Lipinski definition) is 2. The summed E-state index contributed by atoms with van der Waals surface area (Å²) in [4.78, 5) is 13.6. The molecule has 1 aromatic carbocycles. The lowest BCUT2D eigenvalue weighted by Crippen LogP contribution is -2.39. The third-order valence-electron chi connectivity index (χ3n) is 3.15. The third kappa shape index (κ3) is 2.33. The van der Waals surface area contributed by atoms with Gasteiger partial charge in [-0.15, -0.1) is 0 Å². The molecule has 0 unspecified atom stereocenters. The number of nitrogens with zero attached hydrogens (tertiary/aromatic N) is 1. The molecule has 1 amide bonds. The molecule has 0 saturated heterocycles. The highest BCUT2D eigenvalue weighted by molar-refractivity contribution is 5.69. The highest BCUT2D eigenvalue weighted by Gasteiger charge is 2.27. The van der Waals surface area contributed by atoms with Crippen LogP contribution in [0.1, 0.15) is 24.1 Å². The lowest BCUT2D eigenvalue weighted by atomic mass is 9.94. The van der Waals surface area contributed by atoms with Crippen molar-refractivity contribution in [2.75, 3.05) is 13.2 Å². The van der Waals surface area contributed by atoms with Crippen LogP contribution in [0.25, 0.3) is 0 Å². The van der Waals surface area contributed by atoms with Crippen LogP contribution in [0.2, 0.25) is 0 Å². The number of carbonyl (C=O) groups is 1. The van der Waals surface area contributed by atoms with Crippen molar-refractivity contribution in [1.29, 1.82) is 0 Å². The van der Waals surface area contributed by atoms with E-state index in [4.69, 9.17) is 4.74 Å². The Morgan fingerprint density at radius 3 is 3.12 bits per heavy atom. The van der Waals surface area contributed by atoms with E-state index in [9.17, 15) is 4.79 Å². The Bertz CT molecular complexity index is 428. The average molecular weight is 231 g/mol. The molecule has 17 heavy (non-hydrogen) atoms. The Hall–Kier alpha value is -1.77. The molecule has 1 aliphatic rings. The molecule has 0 spiro atoms. The van der Waals surface area contributed by atoms with Gasteiger partial charge in [-0.2, -0.15) is 0 Å². The predicted molar refractivity (Wildman–Crippen MR) is 66.8 cm³/mol. The van der Waals surface area contributed by atoms with Crippen LogP contribution in [0.5, 0.6) is 0 Å². The minimum absolute atomic E-state index is 0.0808. The Morgan fingerprint density at radius 1 is 1.59 bits per heavy atom. The van der Waals surface area contributed by atoms with Crippen LogP contribution in [0.4, 0.5) is 4.79 Å². The van der Waals surface area contributed by atoms with Gasteiger partial charge in [0.2, 0.25) is 0 Å². The normalized spacial score (nSPS) is 18.4. The molecule has 0 fully saturated rings.